The number of aliphatic hydroxyl groups excluding tert-OH is 1. The van der Waals surface area contributed by atoms with Gasteiger partial charge in [-0.25, -0.2) is 0 Å². The van der Waals surface area contributed by atoms with Crippen LogP contribution in [0, 0.1) is 0 Å². The fraction of sp³-hybridized carbons (Fsp3) is 0.611. The highest BCUT2D eigenvalue weighted by molar-refractivity contribution is 5.94. The molecule has 2 saturated heterocycles. The summed E-state index contributed by atoms with van der Waals surface area (Å²) in [7, 11) is 0. The predicted octanol–water partition coefficient (Wildman–Crippen LogP) is 1.43. The second-order valence-corrected chi connectivity index (χ2v) is 6.51. The SMILES string of the molecule is O=C(NCCCO)c1ccc(CN2CCCN3CCCC32)cc1. The van der Waals surface area contributed by atoms with Gasteiger partial charge in [0.05, 0.1) is 6.17 Å². The summed E-state index contributed by atoms with van der Waals surface area (Å²) in [5, 5.41) is 11.6. The maximum atomic E-state index is 12.0. The topological polar surface area (TPSA) is 55.8 Å². The number of aliphatic hydroxyl groups is 1. The van der Waals surface area contributed by atoms with E-state index in [4.69, 9.17) is 5.11 Å². The van der Waals surface area contributed by atoms with Gasteiger partial charge in [0.25, 0.3) is 5.91 Å². The molecule has 2 N–H and O–H groups in total. The van der Waals surface area contributed by atoms with Crippen molar-refractivity contribution in [2.45, 2.75) is 38.4 Å². The quantitative estimate of drug-likeness (QED) is 0.779. The molecular weight excluding hydrogens is 290 g/mol. The van der Waals surface area contributed by atoms with E-state index in [1.54, 1.807) is 0 Å². The molecule has 0 radical (unpaired) electrons. The van der Waals surface area contributed by atoms with E-state index in [9.17, 15) is 4.79 Å². The zero-order chi connectivity index (χ0) is 16.1. The van der Waals surface area contributed by atoms with Crippen LogP contribution in [0.1, 0.15) is 41.6 Å². The summed E-state index contributed by atoms with van der Waals surface area (Å²) >= 11 is 0. The highest BCUT2D eigenvalue weighted by Crippen LogP contribution is 2.26. The van der Waals surface area contributed by atoms with Crippen LogP contribution in [0.25, 0.3) is 0 Å². The largest absolute Gasteiger partial charge is 0.396 e. The van der Waals surface area contributed by atoms with Gasteiger partial charge in [0.1, 0.15) is 0 Å². The van der Waals surface area contributed by atoms with E-state index >= 15 is 0 Å². The van der Waals surface area contributed by atoms with Crippen molar-refractivity contribution in [3.05, 3.63) is 35.4 Å². The molecule has 0 bridgehead atoms. The van der Waals surface area contributed by atoms with E-state index in [0.717, 1.165) is 6.54 Å². The van der Waals surface area contributed by atoms with E-state index in [-0.39, 0.29) is 12.5 Å². The summed E-state index contributed by atoms with van der Waals surface area (Å²) in [5.74, 6) is -0.0649. The number of nitrogens with zero attached hydrogens (tertiary/aromatic N) is 2. The Bertz CT molecular complexity index is 518. The van der Waals surface area contributed by atoms with Gasteiger partial charge in [0.2, 0.25) is 0 Å². The van der Waals surface area contributed by atoms with E-state index in [0.29, 0.717) is 24.7 Å². The first-order chi connectivity index (χ1) is 11.3. The Morgan fingerprint density at radius 2 is 1.96 bits per heavy atom. The van der Waals surface area contributed by atoms with E-state index in [2.05, 4.69) is 27.2 Å². The van der Waals surface area contributed by atoms with Gasteiger partial charge in [-0.05, 0) is 49.9 Å². The second-order valence-electron chi connectivity index (χ2n) is 6.51. The fourth-order valence-corrected chi connectivity index (χ4v) is 3.67. The Labute approximate surface area is 138 Å². The van der Waals surface area contributed by atoms with Crippen LogP contribution in [0.2, 0.25) is 0 Å². The maximum Gasteiger partial charge on any atom is 0.251 e. The smallest absolute Gasteiger partial charge is 0.251 e. The van der Waals surface area contributed by atoms with Crippen molar-refractivity contribution in [2.75, 3.05) is 32.8 Å². The molecule has 0 spiro atoms. The average Bonchev–Trinajstić information content (AvgIpc) is 3.05. The lowest BCUT2D eigenvalue weighted by Crippen LogP contribution is -2.49. The lowest BCUT2D eigenvalue weighted by molar-refractivity contribution is 0.0287. The van der Waals surface area contributed by atoms with Crippen LogP contribution in [0.3, 0.4) is 0 Å². The summed E-state index contributed by atoms with van der Waals surface area (Å²) in [5.41, 5.74) is 1.96. The van der Waals surface area contributed by atoms with Crippen molar-refractivity contribution in [1.82, 2.24) is 15.1 Å². The second kappa shape index (κ2) is 7.90. The van der Waals surface area contributed by atoms with Crippen LogP contribution in [0.4, 0.5) is 0 Å². The normalized spacial score (nSPS) is 22.0. The van der Waals surface area contributed by atoms with Crippen LogP contribution in [0.5, 0.6) is 0 Å². The lowest BCUT2D eigenvalue weighted by atomic mass is 10.1. The van der Waals surface area contributed by atoms with Gasteiger partial charge in [-0.3, -0.25) is 14.6 Å². The molecule has 5 nitrogen and oxygen atoms in total. The summed E-state index contributed by atoms with van der Waals surface area (Å²) in [6.07, 6.45) is 5.06. The molecule has 1 amide bonds. The molecule has 0 aliphatic carbocycles. The molecule has 0 aromatic heterocycles. The van der Waals surface area contributed by atoms with Crippen molar-refractivity contribution in [1.29, 1.82) is 0 Å². The Morgan fingerprint density at radius 1 is 1.17 bits per heavy atom. The lowest BCUT2D eigenvalue weighted by Gasteiger charge is -2.40. The molecule has 3 rings (SSSR count). The Kier molecular flexibility index (Phi) is 5.65. The number of carbonyl (C=O) groups is 1. The molecule has 2 fully saturated rings. The third-order valence-electron chi connectivity index (χ3n) is 4.86. The number of hydrogen-bond acceptors (Lipinski definition) is 4. The zero-order valence-electron chi connectivity index (χ0n) is 13.7. The minimum Gasteiger partial charge on any atom is -0.396 e. The number of benzene rings is 1. The van der Waals surface area contributed by atoms with Gasteiger partial charge in [-0.2, -0.15) is 0 Å². The number of amides is 1. The van der Waals surface area contributed by atoms with Crippen LogP contribution in [0.15, 0.2) is 24.3 Å². The molecule has 5 heteroatoms. The first kappa shape index (κ1) is 16.4. The van der Waals surface area contributed by atoms with Gasteiger partial charge >= 0.3 is 0 Å². The molecule has 1 unspecified atom stereocenters. The third-order valence-corrected chi connectivity index (χ3v) is 4.86. The first-order valence-corrected chi connectivity index (χ1v) is 8.74. The van der Waals surface area contributed by atoms with Crippen LogP contribution >= 0.6 is 0 Å². The van der Waals surface area contributed by atoms with Crippen molar-refractivity contribution in [2.24, 2.45) is 0 Å². The van der Waals surface area contributed by atoms with Gasteiger partial charge in [-0.15, -0.1) is 0 Å². The number of carbonyl (C=O) groups excluding carboxylic acids is 1. The molecule has 126 valence electrons. The Morgan fingerprint density at radius 3 is 2.74 bits per heavy atom. The Balaban J connectivity index is 1.56. The van der Waals surface area contributed by atoms with Gasteiger partial charge in [-0.1, -0.05) is 12.1 Å². The van der Waals surface area contributed by atoms with Crippen molar-refractivity contribution < 1.29 is 9.90 Å². The minimum absolute atomic E-state index is 0.0649. The fourth-order valence-electron chi connectivity index (χ4n) is 3.67. The van der Waals surface area contributed by atoms with Gasteiger partial charge < -0.3 is 10.4 Å². The molecule has 2 aliphatic rings. The molecule has 23 heavy (non-hydrogen) atoms. The summed E-state index contributed by atoms with van der Waals surface area (Å²) < 4.78 is 0. The molecule has 0 saturated carbocycles. The molecular formula is C18H27N3O2. The molecule has 1 aromatic carbocycles. The number of hydrogen-bond donors (Lipinski definition) is 2. The number of nitrogens with one attached hydrogen (secondary N) is 1. The van der Waals surface area contributed by atoms with Crippen molar-refractivity contribution in [3.8, 4) is 0 Å². The van der Waals surface area contributed by atoms with Crippen LogP contribution in [-0.2, 0) is 6.54 Å². The molecule has 2 heterocycles. The summed E-state index contributed by atoms with van der Waals surface area (Å²) in [4.78, 5) is 17.1. The van der Waals surface area contributed by atoms with Gasteiger partial charge in [0.15, 0.2) is 0 Å². The van der Waals surface area contributed by atoms with Crippen molar-refractivity contribution >= 4 is 5.91 Å². The van der Waals surface area contributed by atoms with Gasteiger partial charge in [0, 0.05) is 38.3 Å². The summed E-state index contributed by atoms with van der Waals surface area (Å²) in [6.45, 7) is 5.25. The number of fused-ring (bicyclic) bond motifs is 1. The monoisotopic (exact) mass is 317 g/mol. The third kappa shape index (κ3) is 4.10. The first-order valence-electron chi connectivity index (χ1n) is 8.74. The summed E-state index contributed by atoms with van der Waals surface area (Å²) in [6, 6.07) is 7.93. The van der Waals surface area contributed by atoms with Crippen LogP contribution < -0.4 is 5.32 Å². The maximum absolute atomic E-state index is 12.0. The van der Waals surface area contributed by atoms with Crippen molar-refractivity contribution in [3.63, 3.8) is 0 Å². The Hall–Kier alpha value is -1.43. The molecule has 1 aromatic rings. The van der Waals surface area contributed by atoms with E-state index in [1.807, 2.05) is 12.1 Å². The van der Waals surface area contributed by atoms with Crippen LogP contribution in [-0.4, -0.2) is 59.8 Å². The average molecular weight is 317 g/mol. The van der Waals surface area contributed by atoms with E-state index < -0.39 is 0 Å². The standard InChI is InChI=1S/C18H27N3O2/c22-13-2-9-19-18(23)16-7-5-15(6-8-16)14-21-12-3-11-20-10-1-4-17(20)21/h5-8,17,22H,1-4,9-14H2,(H,19,23). The molecule has 2 aliphatic heterocycles. The predicted molar refractivity (Wildman–Crippen MR) is 90.1 cm³/mol. The highest BCUT2D eigenvalue weighted by atomic mass is 16.3. The zero-order valence-corrected chi connectivity index (χ0v) is 13.7. The number of rotatable bonds is 6. The highest BCUT2D eigenvalue weighted by Gasteiger charge is 2.32. The molecule has 1 atom stereocenters. The minimum atomic E-state index is -0.0649. The van der Waals surface area contributed by atoms with E-state index in [1.165, 1.54) is 44.5 Å².